The number of hydrogen-bond donors (Lipinski definition) is 2. The van der Waals surface area contributed by atoms with E-state index in [4.69, 9.17) is 16.7 Å². The first-order valence-corrected chi connectivity index (χ1v) is 3.16. The van der Waals surface area contributed by atoms with Gasteiger partial charge in [-0.3, -0.25) is 0 Å². The molecule has 0 aromatic carbocycles. The average molecular weight is 139 g/mol. The molecule has 0 atom stereocenters. The molecule has 0 aliphatic carbocycles. The Labute approximate surface area is 56.5 Å². The van der Waals surface area contributed by atoms with Crippen LogP contribution >= 0.6 is 11.3 Å². The van der Waals surface area contributed by atoms with Crippen molar-refractivity contribution in [1.82, 2.24) is 0 Å². The number of hydrogen-bond acceptors (Lipinski definition) is 4. The molecule has 0 bridgehead atoms. The minimum absolute atomic E-state index is 0.405. The van der Waals surface area contributed by atoms with Crippen molar-refractivity contribution in [3.8, 4) is 6.07 Å². The van der Waals surface area contributed by atoms with Crippen LogP contribution in [0.1, 0.15) is 4.88 Å². The van der Waals surface area contributed by atoms with Gasteiger partial charge in [0.05, 0.1) is 11.4 Å². The Morgan fingerprint density at radius 1 is 1.56 bits per heavy atom. The van der Waals surface area contributed by atoms with E-state index in [0.717, 1.165) is 0 Å². The van der Waals surface area contributed by atoms with Crippen molar-refractivity contribution in [2.75, 3.05) is 11.5 Å². The highest BCUT2D eigenvalue weighted by molar-refractivity contribution is 7.11. The van der Waals surface area contributed by atoms with Crippen LogP contribution in [0.4, 0.5) is 11.4 Å². The number of anilines is 2. The smallest absolute Gasteiger partial charge is 0.130 e. The topological polar surface area (TPSA) is 75.8 Å². The maximum absolute atomic E-state index is 8.36. The quantitative estimate of drug-likeness (QED) is 0.557. The van der Waals surface area contributed by atoms with Crippen LogP contribution in [0.5, 0.6) is 0 Å². The molecule has 1 heterocycles. The summed E-state index contributed by atoms with van der Waals surface area (Å²) in [6.45, 7) is 0. The standard InChI is InChI=1S/C5H5N3S/c6-1-4-5(8)3(7)2-9-4/h2H,7-8H2. The second-order valence-electron chi connectivity index (χ2n) is 1.55. The summed E-state index contributed by atoms with van der Waals surface area (Å²) in [4.78, 5) is 0.493. The summed E-state index contributed by atoms with van der Waals surface area (Å²) in [6, 6.07) is 1.93. The molecule has 1 aromatic rings. The van der Waals surface area contributed by atoms with Gasteiger partial charge in [-0.05, 0) is 0 Å². The van der Waals surface area contributed by atoms with E-state index in [1.165, 1.54) is 11.3 Å². The summed E-state index contributed by atoms with van der Waals surface area (Å²) < 4.78 is 0. The second-order valence-corrected chi connectivity index (χ2v) is 2.43. The lowest BCUT2D eigenvalue weighted by molar-refractivity contribution is 1.52. The lowest BCUT2D eigenvalue weighted by Crippen LogP contribution is -1.90. The third kappa shape index (κ3) is 0.819. The van der Waals surface area contributed by atoms with E-state index in [9.17, 15) is 0 Å². The monoisotopic (exact) mass is 139 g/mol. The molecule has 0 saturated heterocycles. The maximum atomic E-state index is 8.36. The van der Waals surface area contributed by atoms with Gasteiger partial charge >= 0.3 is 0 Å². The third-order valence-corrected chi connectivity index (χ3v) is 1.88. The molecule has 9 heavy (non-hydrogen) atoms. The van der Waals surface area contributed by atoms with E-state index < -0.39 is 0 Å². The van der Waals surface area contributed by atoms with Crippen LogP contribution in [-0.2, 0) is 0 Å². The van der Waals surface area contributed by atoms with Gasteiger partial charge in [-0.15, -0.1) is 11.3 Å². The highest BCUT2D eigenvalue weighted by atomic mass is 32.1. The lowest BCUT2D eigenvalue weighted by Gasteiger charge is -1.85. The Balaban J connectivity index is 3.24. The van der Waals surface area contributed by atoms with Crippen molar-refractivity contribution < 1.29 is 0 Å². The molecular weight excluding hydrogens is 134 g/mol. The number of nitrogens with two attached hydrogens (primary N) is 2. The molecule has 0 amide bonds. The molecule has 4 heteroatoms. The summed E-state index contributed by atoms with van der Waals surface area (Å²) >= 11 is 1.27. The number of nitriles is 1. The predicted molar refractivity (Wildman–Crippen MR) is 37.9 cm³/mol. The fraction of sp³-hybridized carbons (Fsp3) is 0. The molecule has 0 aliphatic heterocycles. The van der Waals surface area contributed by atoms with E-state index in [0.29, 0.717) is 16.3 Å². The highest BCUT2D eigenvalue weighted by Crippen LogP contribution is 2.25. The molecule has 46 valence electrons. The molecule has 4 N–H and O–H groups in total. The number of nitrogens with zero attached hydrogens (tertiary/aromatic N) is 1. The number of rotatable bonds is 0. The van der Waals surface area contributed by atoms with Gasteiger partial charge in [0.2, 0.25) is 0 Å². The van der Waals surface area contributed by atoms with Gasteiger partial charge in [-0.1, -0.05) is 0 Å². The van der Waals surface area contributed by atoms with E-state index in [-0.39, 0.29) is 0 Å². The summed E-state index contributed by atoms with van der Waals surface area (Å²) in [5.41, 5.74) is 11.6. The van der Waals surface area contributed by atoms with Crippen molar-refractivity contribution in [3.05, 3.63) is 10.3 Å². The van der Waals surface area contributed by atoms with E-state index in [1.807, 2.05) is 6.07 Å². The summed E-state index contributed by atoms with van der Waals surface area (Å²) in [6.07, 6.45) is 0. The summed E-state index contributed by atoms with van der Waals surface area (Å²) in [5.74, 6) is 0. The van der Waals surface area contributed by atoms with Crippen LogP contribution in [-0.4, -0.2) is 0 Å². The zero-order chi connectivity index (χ0) is 6.85. The Kier molecular flexibility index (Phi) is 1.29. The van der Waals surface area contributed by atoms with Crippen molar-refractivity contribution in [1.29, 1.82) is 5.26 Å². The van der Waals surface area contributed by atoms with Gasteiger partial charge in [0.1, 0.15) is 10.9 Å². The molecule has 3 nitrogen and oxygen atoms in total. The fourth-order valence-electron chi connectivity index (χ4n) is 0.467. The molecule has 0 aliphatic rings. The van der Waals surface area contributed by atoms with Crippen LogP contribution in [0.3, 0.4) is 0 Å². The maximum Gasteiger partial charge on any atom is 0.130 e. The Morgan fingerprint density at radius 2 is 2.22 bits per heavy atom. The molecule has 0 unspecified atom stereocenters. The Bertz CT molecular complexity index is 258. The van der Waals surface area contributed by atoms with Crippen molar-refractivity contribution in [3.63, 3.8) is 0 Å². The minimum Gasteiger partial charge on any atom is -0.396 e. The predicted octanol–water partition coefficient (Wildman–Crippen LogP) is 0.784. The zero-order valence-electron chi connectivity index (χ0n) is 4.59. The normalized spacial score (nSPS) is 8.78. The summed E-state index contributed by atoms with van der Waals surface area (Å²) in [7, 11) is 0. The Morgan fingerprint density at radius 3 is 2.44 bits per heavy atom. The SMILES string of the molecule is N#Cc1scc(N)c1N. The molecular formula is C5H5N3S. The average Bonchev–Trinajstić information content (AvgIpc) is 2.15. The summed E-state index contributed by atoms with van der Waals surface area (Å²) in [5, 5.41) is 10.0. The largest absolute Gasteiger partial charge is 0.396 e. The van der Waals surface area contributed by atoms with Crippen molar-refractivity contribution in [2.45, 2.75) is 0 Å². The number of thiophene rings is 1. The van der Waals surface area contributed by atoms with Gasteiger partial charge < -0.3 is 11.5 Å². The van der Waals surface area contributed by atoms with Crippen LogP contribution in [0.25, 0.3) is 0 Å². The van der Waals surface area contributed by atoms with Crippen LogP contribution < -0.4 is 11.5 Å². The first-order chi connectivity index (χ1) is 4.25. The third-order valence-electron chi connectivity index (χ3n) is 0.961. The van der Waals surface area contributed by atoms with Crippen molar-refractivity contribution >= 4 is 22.7 Å². The Hall–Kier alpha value is -1.21. The van der Waals surface area contributed by atoms with Crippen LogP contribution in [0.15, 0.2) is 5.38 Å². The van der Waals surface area contributed by atoms with E-state index in [1.54, 1.807) is 5.38 Å². The highest BCUT2D eigenvalue weighted by Gasteiger charge is 2.02. The molecule has 0 spiro atoms. The second kappa shape index (κ2) is 1.96. The molecule has 1 rings (SSSR count). The first-order valence-electron chi connectivity index (χ1n) is 2.28. The lowest BCUT2D eigenvalue weighted by atomic mass is 10.4. The van der Waals surface area contributed by atoms with Gasteiger partial charge in [0.15, 0.2) is 0 Å². The van der Waals surface area contributed by atoms with Gasteiger partial charge in [-0.25, -0.2) is 0 Å². The van der Waals surface area contributed by atoms with E-state index >= 15 is 0 Å². The van der Waals surface area contributed by atoms with Gasteiger partial charge in [0, 0.05) is 5.38 Å². The first kappa shape index (κ1) is 5.92. The van der Waals surface area contributed by atoms with Crippen molar-refractivity contribution in [2.24, 2.45) is 0 Å². The molecule has 0 fully saturated rings. The molecule has 1 aromatic heterocycles. The fourth-order valence-corrected chi connectivity index (χ4v) is 1.14. The van der Waals surface area contributed by atoms with Gasteiger partial charge in [-0.2, -0.15) is 5.26 Å². The van der Waals surface area contributed by atoms with Gasteiger partial charge in [0.25, 0.3) is 0 Å². The molecule has 0 saturated carbocycles. The minimum atomic E-state index is 0.405. The van der Waals surface area contributed by atoms with Crippen LogP contribution in [0, 0.1) is 11.3 Å². The molecule has 0 radical (unpaired) electrons. The van der Waals surface area contributed by atoms with Crippen LogP contribution in [0.2, 0.25) is 0 Å². The number of nitrogen functional groups attached to an aromatic ring is 2. The zero-order valence-corrected chi connectivity index (χ0v) is 5.40. The van der Waals surface area contributed by atoms with E-state index in [2.05, 4.69) is 0 Å².